The summed E-state index contributed by atoms with van der Waals surface area (Å²) >= 11 is 1.88. The fraction of sp³-hybridized carbons (Fsp3) is 0.125. The average Bonchev–Trinajstić information content (AvgIpc) is 4.01. The maximum Gasteiger partial charge on any atom is 0.416 e. The molecule has 9 aromatic carbocycles. The zero-order valence-corrected chi connectivity index (χ0v) is 40.5. The van der Waals surface area contributed by atoms with Crippen molar-refractivity contribution in [3.63, 3.8) is 0 Å². The summed E-state index contributed by atoms with van der Waals surface area (Å²) < 4.78 is 45.1. The van der Waals surface area contributed by atoms with E-state index in [2.05, 4.69) is 207 Å². The van der Waals surface area contributed by atoms with Gasteiger partial charge in [-0.25, -0.2) is 0 Å². The summed E-state index contributed by atoms with van der Waals surface area (Å²) in [5.41, 5.74) is 22.2. The topological polar surface area (TPSA) is 6.48 Å². The summed E-state index contributed by atoms with van der Waals surface area (Å²) in [4.78, 5) is 4.66. The number of hydrogen-bond donors (Lipinski definition) is 0. The number of hydrogen-bond acceptors (Lipinski definition) is 3. The zero-order chi connectivity index (χ0) is 48.1. The van der Waals surface area contributed by atoms with Gasteiger partial charge in [0.05, 0.1) is 16.7 Å². The number of benzene rings is 9. The van der Waals surface area contributed by atoms with Crippen LogP contribution in [0.4, 0.5) is 47.3 Å². The van der Waals surface area contributed by atoms with Crippen LogP contribution in [0.25, 0.3) is 43.5 Å². The Kier molecular flexibility index (Phi) is 9.05. The molecule has 71 heavy (non-hydrogen) atoms. The van der Waals surface area contributed by atoms with Gasteiger partial charge in [-0.2, -0.15) is 13.2 Å². The molecule has 3 heterocycles. The quantitative estimate of drug-likeness (QED) is 0.159. The molecule has 2 nitrogen and oxygen atoms in total. The number of nitrogens with zero attached hydrogens (tertiary/aromatic N) is 2. The zero-order valence-electron chi connectivity index (χ0n) is 39.6. The number of rotatable bonds is 5. The van der Waals surface area contributed by atoms with Crippen molar-refractivity contribution in [3.05, 3.63) is 233 Å². The third-order valence-corrected chi connectivity index (χ3v) is 17.0. The molecule has 14 rings (SSSR count). The average molecular weight is 943 g/mol. The van der Waals surface area contributed by atoms with E-state index in [0.717, 1.165) is 39.2 Å². The fourth-order valence-corrected chi connectivity index (χ4v) is 14.3. The van der Waals surface area contributed by atoms with Gasteiger partial charge in [0.1, 0.15) is 0 Å². The molecule has 0 amide bonds. The number of halogens is 3. The van der Waals surface area contributed by atoms with Crippen molar-refractivity contribution in [2.24, 2.45) is 0 Å². The van der Waals surface area contributed by atoms with Crippen LogP contribution in [0.3, 0.4) is 0 Å². The summed E-state index contributed by atoms with van der Waals surface area (Å²) in [7, 11) is 0. The summed E-state index contributed by atoms with van der Waals surface area (Å²) in [5.74, 6) is 0.549. The third-order valence-electron chi connectivity index (χ3n) is 15.8. The van der Waals surface area contributed by atoms with E-state index in [9.17, 15) is 13.2 Å². The molecular formula is C64H46BF3N2S. The van der Waals surface area contributed by atoms with E-state index < -0.39 is 17.2 Å². The Morgan fingerprint density at radius 3 is 1.65 bits per heavy atom. The lowest BCUT2D eigenvalue weighted by Crippen LogP contribution is -2.60. The predicted octanol–water partition coefficient (Wildman–Crippen LogP) is 16.3. The van der Waals surface area contributed by atoms with Crippen molar-refractivity contribution in [1.29, 1.82) is 0 Å². The fourth-order valence-electron chi connectivity index (χ4n) is 13.0. The molecular weight excluding hydrogens is 897 g/mol. The standard InChI is InChI=1S/C64H46BF3N2S/c1-37(2)43-21-14-22-44(38(3)4)59(43)39-28-33-54-57(34-39)69(42-31-29-40(30-32-42)64(66,67)68)55-26-15-27-56-60(55)65(54)62-61(70(56)41-16-6-5-7-17-41)49-35-48-47-20-10-13-25-52(47)63(53(48)36-58(49)71-62)50-23-11-8-18-45(50)46-19-9-12-24-51(46)63/h5-38H,1-4H3. The Bertz CT molecular complexity index is 3780. The first-order valence-corrected chi connectivity index (χ1v) is 25.5. The van der Waals surface area contributed by atoms with Crippen molar-refractivity contribution in [1.82, 2.24) is 0 Å². The SMILES string of the molecule is CC(C)c1cccc(C(C)C)c1-c1ccc2c(c1)N(c1ccc(C(F)(F)F)cc1)c1cccc3c1B2c1sc2cc4c(cc2c1N3c1ccccc1)-c1ccccc1C41c2ccccc2-c2ccccc21. The monoisotopic (exact) mass is 942 g/mol. The second kappa shape index (κ2) is 15.2. The number of anilines is 6. The van der Waals surface area contributed by atoms with E-state index in [4.69, 9.17) is 0 Å². The first kappa shape index (κ1) is 42.3. The van der Waals surface area contributed by atoms with E-state index in [1.807, 2.05) is 11.3 Å². The minimum Gasteiger partial charge on any atom is -0.311 e. The van der Waals surface area contributed by atoms with E-state index in [1.54, 1.807) is 12.1 Å². The van der Waals surface area contributed by atoms with Gasteiger partial charge in [-0.15, -0.1) is 11.3 Å². The molecule has 342 valence electrons. The highest BCUT2D eigenvalue weighted by Gasteiger charge is 2.53. The van der Waals surface area contributed by atoms with Crippen LogP contribution in [0.2, 0.25) is 0 Å². The minimum absolute atomic E-state index is 0.169. The molecule has 0 radical (unpaired) electrons. The van der Waals surface area contributed by atoms with E-state index >= 15 is 0 Å². The number of para-hydroxylation sites is 1. The maximum absolute atomic E-state index is 14.2. The molecule has 0 saturated heterocycles. The Labute approximate surface area is 416 Å². The molecule has 0 atom stereocenters. The van der Waals surface area contributed by atoms with Gasteiger partial charge in [0.15, 0.2) is 0 Å². The lowest BCUT2D eigenvalue weighted by Gasteiger charge is -2.43. The molecule has 0 saturated carbocycles. The van der Waals surface area contributed by atoms with Gasteiger partial charge >= 0.3 is 6.18 Å². The van der Waals surface area contributed by atoms with Crippen LogP contribution < -0.4 is 25.5 Å². The number of alkyl halides is 3. The highest BCUT2D eigenvalue weighted by molar-refractivity contribution is 7.33. The van der Waals surface area contributed by atoms with Gasteiger partial charge in [0.25, 0.3) is 6.71 Å². The van der Waals surface area contributed by atoms with Gasteiger partial charge < -0.3 is 9.80 Å². The minimum atomic E-state index is -4.46. The van der Waals surface area contributed by atoms with Gasteiger partial charge in [-0.3, -0.25) is 0 Å². The smallest absolute Gasteiger partial charge is 0.311 e. The van der Waals surface area contributed by atoms with Gasteiger partial charge in [-0.05, 0) is 156 Å². The largest absolute Gasteiger partial charge is 0.416 e. The predicted molar refractivity (Wildman–Crippen MR) is 291 cm³/mol. The molecule has 2 aliphatic carbocycles. The summed E-state index contributed by atoms with van der Waals surface area (Å²) in [6, 6.07) is 68.4. The van der Waals surface area contributed by atoms with Crippen molar-refractivity contribution >= 4 is 78.0 Å². The van der Waals surface area contributed by atoms with E-state index in [-0.39, 0.29) is 18.5 Å². The first-order chi connectivity index (χ1) is 34.5. The molecule has 0 fully saturated rings. The van der Waals surface area contributed by atoms with Crippen LogP contribution in [-0.2, 0) is 11.6 Å². The van der Waals surface area contributed by atoms with Crippen molar-refractivity contribution in [2.75, 3.05) is 9.80 Å². The van der Waals surface area contributed by atoms with Gasteiger partial charge in [0.2, 0.25) is 0 Å². The molecule has 10 aromatic rings. The Morgan fingerprint density at radius 1 is 0.493 bits per heavy atom. The lowest BCUT2D eigenvalue weighted by atomic mass is 9.36. The van der Waals surface area contributed by atoms with E-state index in [0.29, 0.717) is 5.69 Å². The van der Waals surface area contributed by atoms with Gasteiger partial charge in [0, 0.05) is 43.3 Å². The highest BCUT2D eigenvalue weighted by atomic mass is 32.1. The molecule has 1 aromatic heterocycles. The van der Waals surface area contributed by atoms with Gasteiger partial charge in [-0.1, -0.05) is 155 Å². The van der Waals surface area contributed by atoms with Crippen LogP contribution in [0.1, 0.15) is 78.5 Å². The van der Waals surface area contributed by atoms with Crippen molar-refractivity contribution in [3.8, 4) is 33.4 Å². The Morgan fingerprint density at radius 2 is 1.04 bits per heavy atom. The lowest BCUT2D eigenvalue weighted by molar-refractivity contribution is -0.137. The van der Waals surface area contributed by atoms with Crippen LogP contribution in [-0.4, -0.2) is 6.71 Å². The first-order valence-electron chi connectivity index (χ1n) is 24.7. The molecule has 2 aliphatic heterocycles. The van der Waals surface area contributed by atoms with E-state index in [1.165, 1.54) is 93.9 Å². The highest BCUT2D eigenvalue weighted by Crippen LogP contribution is 2.64. The van der Waals surface area contributed by atoms with Crippen LogP contribution >= 0.6 is 11.3 Å². The van der Waals surface area contributed by atoms with Crippen LogP contribution in [0.5, 0.6) is 0 Å². The second-order valence-corrected chi connectivity index (χ2v) is 21.3. The van der Waals surface area contributed by atoms with Crippen LogP contribution in [0.15, 0.2) is 194 Å². The van der Waals surface area contributed by atoms with Crippen LogP contribution in [0, 0.1) is 0 Å². The summed E-state index contributed by atoms with van der Waals surface area (Å²) in [6.07, 6.45) is -4.46. The normalized spacial score (nSPS) is 14.4. The molecule has 0 bridgehead atoms. The summed E-state index contributed by atoms with van der Waals surface area (Å²) in [5, 5.41) is 1.20. The number of fused-ring (bicyclic) bond motifs is 16. The molecule has 0 unspecified atom stereocenters. The second-order valence-electron chi connectivity index (χ2n) is 20.2. The molecule has 7 heteroatoms. The molecule has 1 spiro atoms. The molecule has 0 N–H and O–H groups in total. The Hall–Kier alpha value is -7.61. The third kappa shape index (κ3) is 5.78. The molecule has 4 aliphatic rings. The Balaban J connectivity index is 1.07. The van der Waals surface area contributed by atoms with Crippen molar-refractivity contribution < 1.29 is 13.2 Å². The number of thiophene rings is 1. The maximum atomic E-state index is 14.2. The summed E-state index contributed by atoms with van der Waals surface area (Å²) in [6.45, 7) is 8.82. The van der Waals surface area contributed by atoms with Crippen molar-refractivity contribution in [2.45, 2.75) is 51.1 Å².